The van der Waals surface area contributed by atoms with Crippen molar-refractivity contribution in [2.24, 2.45) is 22.9 Å². The Labute approximate surface area is 246 Å². The largest absolute Gasteiger partial charge is 0.389 e. The molecule has 41 heavy (non-hydrogen) atoms. The molecule has 0 amide bonds. The Bertz CT molecular complexity index is 763. The number of ether oxygens (including phenoxy) is 4. The first kappa shape index (κ1) is 35.3. The first-order valence-corrected chi connectivity index (χ1v) is 15.9. The van der Waals surface area contributed by atoms with E-state index in [1.165, 1.54) is 25.7 Å². The van der Waals surface area contributed by atoms with Crippen LogP contribution < -0.4 is 22.9 Å². The molecule has 2 aliphatic heterocycles. The third-order valence-electron chi connectivity index (χ3n) is 8.23. The summed E-state index contributed by atoms with van der Waals surface area (Å²) in [5.74, 6) is 1.34. The Balaban J connectivity index is 1.59. The number of hydrogen-bond acceptors (Lipinski definition) is 15. The van der Waals surface area contributed by atoms with Crippen LogP contribution in [0.25, 0.3) is 0 Å². The zero-order valence-corrected chi connectivity index (χ0v) is 24.6. The van der Waals surface area contributed by atoms with Gasteiger partial charge in [0.2, 0.25) is 0 Å². The SMILES string of the molecule is CCCCCCCCSC[C@H]1OC(O[C@@H]2C(N)CC(N)C(O[C@H]3OC(CN)[C@@H](O)[C@H](O)C3O)[C@@H]2O)[C@H](O)[C@H](N)C1O. The maximum Gasteiger partial charge on any atom is 0.187 e. The molecule has 3 fully saturated rings. The predicted octanol–water partition coefficient (Wildman–Crippen LogP) is -3.19. The fraction of sp³-hybridized carbons (Fsp3) is 1.00. The maximum absolute atomic E-state index is 11.2. The van der Waals surface area contributed by atoms with Crippen LogP contribution in [0.2, 0.25) is 0 Å². The van der Waals surface area contributed by atoms with Crippen LogP contribution in [0.5, 0.6) is 0 Å². The zero-order valence-electron chi connectivity index (χ0n) is 23.8. The van der Waals surface area contributed by atoms with Crippen LogP contribution in [-0.2, 0) is 18.9 Å². The summed E-state index contributed by atoms with van der Waals surface area (Å²) in [5.41, 5.74) is 24.2. The van der Waals surface area contributed by atoms with Crippen molar-refractivity contribution in [3.8, 4) is 0 Å². The minimum atomic E-state index is -1.64. The summed E-state index contributed by atoms with van der Waals surface area (Å²) in [6.07, 6.45) is -8.16. The Hall–Kier alpha value is -0.210. The molecule has 0 bridgehead atoms. The van der Waals surface area contributed by atoms with Crippen molar-refractivity contribution in [2.75, 3.05) is 18.1 Å². The van der Waals surface area contributed by atoms with Gasteiger partial charge in [-0.2, -0.15) is 11.8 Å². The van der Waals surface area contributed by atoms with E-state index < -0.39 is 91.7 Å². The molecule has 3 aliphatic rings. The molecule has 2 heterocycles. The molecule has 0 aromatic heterocycles. The van der Waals surface area contributed by atoms with Gasteiger partial charge in [-0.15, -0.1) is 0 Å². The highest BCUT2D eigenvalue weighted by atomic mass is 32.2. The quantitative estimate of drug-likeness (QED) is 0.0866. The van der Waals surface area contributed by atoms with Gasteiger partial charge in [0, 0.05) is 24.4 Å². The average molecular weight is 613 g/mol. The van der Waals surface area contributed by atoms with Crippen LogP contribution in [-0.4, -0.2) is 140 Å². The number of aliphatic hydroxyl groups is 6. The van der Waals surface area contributed by atoms with E-state index in [0.29, 0.717) is 5.75 Å². The van der Waals surface area contributed by atoms with Crippen molar-refractivity contribution in [3.63, 3.8) is 0 Å². The summed E-state index contributed by atoms with van der Waals surface area (Å²) in [7, 11) is 0. The van der Waals surface area contributed by atoms with Gasteiger partial charge in [-0.1, -0.05) is 39.0 Å². The monoisotopic (exact) mass is 612 g/mol. The van der Waals surface area contributed by atoms with E-state index in [1.54, 1.807) is 11.8 Å². The molecule has 1 aliphatic carbocycles. The van der Waals surface area contributed by atoms with Gasteiger partial charge in [0.15, 0.2) is 12.6 Å². The molecule has 0 radical (unpaired) electrons. The van der Waals surface area contributed by atoms with Crippen molar-refractivity contribution < 1.29 is 49.6 Å². The topological polar surface area (TPSA) is 262 Å². The van der Waals surface area contributed by atoms with Gasteiger partial charge in [0.1, 0.15) is 48.8 Å². The third-order valence-corrected chi connectivity index (χ3v) is 9.37. The van der Waals surface area contributed by atoms with Gasteiger partial charge in [0.05, 0.1) is 18.2 Å². The third kappa shape index (κ3) is 8.93. The summed E-state index contributed by atoms with van der Waals surface area (Å²) in [6.45, 7) is 2.03. The second-order valence-corrected chi connectivity index (χ2v) is 12.6. The normalized spacial score (nSPS) is 45.6. The predicted molar refractivity (Wildman–Crippen MR) is 151 cm³/mol. The average Bonchev–Trinajstić information content (AvgIpc) is 2.95. The van der Waals surface area contributed by atoms with E-state index in [0.717, 1.165) is 18.6 Å². The fourth-order valence-corrected chi connectivity index (χ4v) is 6.65. The lowest BCUT2D eigenvalue weighted by Crippen LogP contribution is -2.68. The number of unbranched alkanes of at least 4 members (excludes halogenated alkanes) is 5. The van der Waals surface area contributed by atoms with Crippen LogP contribution in [0.4, 0.5) is 0 Å². The molecule has 0 aromatic carbocycles. The molecule has 3 rings (SSSR count). The molecule has 14 nitrogen and oxygen atoms in total. The van der Waals surface area contributed by atoms with Crippen LogP contribution in [0.3, 0.4) is 0 Å². The lowest BCUT2D eigenvalue weighted by atomic mass is 9.84. The van der Waals surface area contributed by atoms with Gasteiger partial charge in [-0.3, -0.25) is 0 Å². The van der Waals surface area contributed by atoms with Gasteiger partial charge < -0.3 is 72.5 Å². The molecule has 15 heteroatoms. The molecular formula is C26H52N4O10S. The van der Waals surface area contributed by atoms with Gasteiger partial charge in [-0.25, -0.2) is 0 Å². The summed E-state index contributed by atoms with van der Waals surface area (Å²) < 4.78 is 23.2. The minimum Gasteiger partial charge on any atom is -0.389 e. The van der Waals surface area contributed by atoms with Crippen molar-refractivity contribution in [2.45, 2.75) is 144 Å². The number of aliphatic hydroxyl groups excluding tert-OH is 6. The van der Waals surface area contributed by atoms with Crippen LogP contribution in [0.1, 0.15) is 51.9 Å². The van der Waals surface area contributed by atoms with E-state index in [1.807, 2.05) is 0 Å². The van der Waals surface area contributed by atoms with Gasteiger partial charge >= 0.3 is 0 Å². The summed E-state index contributed by atoms with van der Waals surface area (Å²) in [4.78, 5) is 0. The second kappa shape index (κ2) is 16.7. The van der Waals surface area contributed by atoms with E-state index >= 15 is 0 Å². The summed E-state index contributed by atoms with van der Waals surface area (Å²) >= 11 is 1.63. The number of rotatable bonds is 14. The Morgan fingerprint density at radius 3 is 1.85 bits per heavy atom. The minimum absolute atomic E-state index is 0.135. The smallest absolute Gasteiger partial charge is 0.187 e. The first-order chi connectivity index (χ1) is 19.5. The molecule has 7 unspecified atom stereocenters. The van der Waals surface area contributed by atoms with Crippen molar-refractivity contribution in [3.05, 3.63) is 0 Å². The van der Waals surface area contributed by atoms with Gasteiger partial charge in [-0.05, 0) is 18.6 Å². The fourth-order valence-electron chi connectivity index (χ4n) is 5.57. The molecule has 0 spiro atoms. The highest BCUT2D eigenvalue weighted by Gasteiger charge is 2.51. The Morgan fingerprint density at radius 2 is 1.24 bits per heavy atom. The van der Waals surface area contributed by atoms with Gasteiger partial charge in [0.25, 0.3) is 0 Å². The Kier molecular flexibility index (Phi) is 14.4. The highest BCUT2D eigenvalue weighted by molar-refractivity contribution is 7.99. The molecule has 14 N–H and O–H groups in total. The van der Waals surface area contributed by atoms with Crippen LogP contribution in [0, 0.1) is 0 Å². The van der Waals surface area contributed by atoms with E-state index in [9.17, 15) is 30.6 Å². The van der Waals surface area contributed by atoms with Crippen molar-refractivity contribution >= 4 is 11.8 Å². The Morgan fingerprint density at radius 1 is 0.683 bits per heavy atom. The number of hydrogen-bond donors (Lipinski definition) is 10. The van der Waals surface area contributed by atoms with Crippen LogP contribution in [0.15, 0.2) is 0 Å². The number of nitrogens with two attached hydrogens (primary N) is 4. The van der Waals surface area contributed by atoms with Crippen molar-refractivity contribution in [1.29, 1.82) is 0 Å². The highest BCUT2D eigenvalue weighted by Crippen LogP contribution is 2.32. The zero-order chi connectivity index (χ0) is 30.3. The molecule has 1 saturated carbocycles. The molecule has 2 saturated heterocycles. The molecule has 15 atom stereocenters. The lowest BCUT2D eigenvalue weighted by Gasteiger charge is -2.48. The van der Waals surface area contributed by atoms with E-state index in [2.05, 4.69) is 6.92 Å². The van der Waals surface area contributed by atoms with E-state index in [-0.39, 0.29) is 13.0 Å². The summed E-state index contributed by atoms with van der Waals surface area (Å²) in [5, 5.41) is 63.2. The summed E-state index contributed by atoms with van der Waals surface area (Å²) in [6, 6.07) is -2.63. The van der Waals surface area contributed by atoms with Crippen molar-refractivity contribution in [1.82, 2.24) is 0 Å². The standard InChI is InChI=1S/C26H52N4O10S/c1-2-3-4-5-6-7-8-41-11-15-17(31)16(30)19(33)25(38-15)39-23-12(28)9-13(29)24(22(23)36)40-26-21(35)20(34)18(32)14(10-27)37-26/h12-26,31-36H,2-11,27-30H2,1H3/t12?,13?,14?,15-,16-,17?,18-,19-,20+,21?,22-,23-,24?,25?,26-/m1/s1. The molecule has 0 aromatic rings. The number of thioether (sulfide) groups is 1. The molecule has 242 valence electrons. The second-order valence-electron chi connectivity index (χ2n) is 11.4. The maximum atomic E-state index is 11.2. The van der Waals surface area contributed by atoms with E-state index in [4.69, 9.17) is 41.9 Å². The van der Waals surface area contributed by atoms with Crippen LogP contribution >= 0.6 is 11.8 Å². The molecular weight excluding hydrogens is 560 g/mol. The lowest BCUT2D eigenvalue weighted by molar-refractivity contribution is -0.330. The first-order valence-electron chi connectivity index (χ1n) is 14.8.